The number of carbonyl (C=O) groups excluding carboxylic acids is 2. The molecule has 0 heterocycles. The topological polar surface area (TPSA) is 67.8 Å². The number of amides is 1. The van der Waals surface area contributed by atoms with Crippen molar-refractivity contribution in [1.82, 2.24) is 5.43 Å². The summed E-state index contributed by atoms with van der Waals surface area (Å²) in [7, 11) is 0. The van der Waals surface area contributed by atoms with E-state index in [4.69, 9.17) is 4.74 Å². The van der Waals surface area contributed by atoms with Crippen LogP contribution in [-0.4, -0.2) is 24.2 Å². The van der Waals surface area contributed by atoms with Crippen LogP contribution < -0.4 is 5.43 Å². The van der Waals surface area contributed by atoms with Crippen LogP contribution in [0, 0.1) is 0 Å². The molecule has 0 fully saturated rings. The van der Waals surface area contributed by atoms with Gasteiger partial charge in [0.05, 0.1) is 6.61 Å². The molecule has 1 rings (SSSR count). The molecule has 5 nitrogen and oxygen atoms in total. The van der Waals surface area contributed by atoms with Crippen LogP contribution in [0.25, 0.3) is 0 Å². The average Bonchev–Trinajstić information content (AvgIpc) is 2.44. The van der Waals surface area contributed by atoms with Crippen LogP contribution in [-0.2, 0) is 20.7 Å². The first-order chi connectivity index (χ1) is 9.17. The van der Waals surface area contributed by atoms with Crippen LogP contribution in [0.15, 0.2) is 35.4 Å². The lowest BCUT2D eigenvalue weighted by Crippen LogP contribution is -2.26. The zero-order valence-electron chi connectivity index (χ0n) is 11.2. The first kappa shape index (κ1) is 14.9. The molecule has 0 atom stereocenters. The first-order valence-electron chi connectivity index (χ1n) is 6.23. The molecular formula is C14H18N2O3. The molecule has 1 aromatic carbocycles. The molecule has 0 bridgehead atoms. The standard InChI is InChI=1S/C14H18N2O3/c1-3-13(17)16-15-12(14(18)19-4-2)10-11-8-6-5-7-9-11/h5-9H,3-4,10H2,1-2H3,(H,16,17). The summed E-state index contributed by atoms with van der Waals surface area (Å²) < 4.78 is 4.92. The van der Waals surface area contributed by atoms with E-state index in [0.717, 1.165) is 5.56 Å². The molecule has 0 aliphatic heterocycles. The Balaban J connectivity index is 2.80. The Kier molecular flexibility index (Phi) is 6.29. The van der Waals surface area contributed by atoms with Gasteiger partial charge in [0.1, 0.15) is 5.71 Å². The van der Waals surface area contributed by atoms with Gasteiger partial charge in [-0.3, -0.25) is 4.79 Å². The minimum atomic E-state index is -0.511. The fourth-order valence-electron chi connectivity index (χ4n) is 1.37. The molecule has 5 heteroatoms. The van der Waals surface area contributed by atoms with Crippen LogP contribution in [0.1, 0.15) is 25.8 Å². The van der Waals surface area contributed by atoms with Crippen molar-refractivity contribution in [2.24, 2.45) is 5.10 Å². The number of benzene rings is 1. The van der Waals surface area contributed by atoms with Crippen molar-refractivity contribution in [3.63, 3.8) is 0 Å². The smallest absolute Gasteiger partial charge is 0.354 e. The minimum Gasteiger partial charge on any atom is -0.461 e. The van der Waals surface area contributed by atoms with Crippen LogP contribution in [0.4, 0.5) is 0 Å². The summed E-state index contributed by atoms with van der Waals surface area (Å²) in [5, 5.41) is 3.85. The third-order valence-electron chi connectivity index (χ3n) is 2.36. The van der Waals surface area contributed by atoms with Crippen LogP contribution in [0.3, 0.4) is 0 Å². The van der Waals surface area contributed by atoms with Gasteiger partial charge in [-0.25, -0.2) is 10.2 Å². The summed E-state index contributed by atoms with van der Waals surface area (Å²) in [4.78, 5) is 22.9. The number of carbonyl (C=O) groups is 2. The fraction of sp³-hybridized carbons (Fsp3) is 0.357. The number of nitrogens with zero attached hydrogens (tertiary/aromatic N) is 1. The Morgan fingerprint density at radius 2 is 1.89 bits per heavy atom. The van der Waals surface area contributed by atoms with Crippen molar-refractivity contribution in [1.29, 1.82) is 0 Å². The molecule has 1 N–H and O–H groups in total. The van der Waals surface area contributed by atoms with E-state index in [1.54, 1.807) is 13.8 Å². The van der Waals surface area contributed by atoms with Gasteiger partial charge in [0.25, 0.3) is 0 Å². The van der Waals surface area contributed by atoms with E-state index in [1.165, 1.54) is 0 Å². The third-order valence-corrected chi connectivity index (χ3v) is 2.36. The Labute approximate surface area is 112 Å². The molecule has 0 saturated carbocycles. The molecular weight excluding hydrogens is 244 g/mol. The summed E-state index contributed by atoms with van der Waals surface area (Å²) in [6.07, 6.45) is 0.634. The van der Waals surface area contributed by atoms with Crippen molar-refractivity contribution in [2.45, 2.75) is 26.7 Å². The van der Waals surface area contributed by atoms with Gasteiger partial charge in [0, 0.05) is 12.8 Å². The molecule has 0 aliphatic carbocycles. The van der Waals surface area contributed by atoms with Gasteiger partial charge in [0.2, 0.25) is 5.91 Å². The third kappa shape index (κ3) is 5.33. The van der Waals surface area contributed by atoms with Crippen LogP contribution in [0.2, 0.25) is 0 Å². The maximum absolute atomic E-state index is 11.7. The number of rotatable bonds is 6. The highest BCUT2D eigenvalue weighted by atomic mass is 16.5. The zero-order chi connectivity index (χ0) is 14.1. The molecule has 0 saturated heterocycles. The van der Waals surface area contributed by atoms with Gasteiger partial charge < -0.3 is 4.74 Å². The number of nitrogens with one attached hydrogen (secondary N) is 1. The van der Waals surface area contributed by atoms with E-state index < -0.39 is 5.97 Å². The van der Waals surface area contributed by atoms with Gasteiger partial charge in [-0.2, -0.15) is 5.10 Å². The highest BCUT2D eigenvalue weighted by Gasteiger charge is 2.14. The Morgan fingerprint density at radius 3 is 2.47 bits per heavy atom. The molecule has 0 aromatic heterocycles. The van der Waals surface area contributed by atoms with E-state index >= 15 is 0 Å². The number of esters is 1. The van der Waals surface area contributed by atoms with Gasteiger partial charge in [-0.1, -0.05) is 37.3 Å². The molecule has 102 valence electrons. The second-order valence-electron chi connectivity index (χ2n) is 3.83. The van der Waals surface area contributed by atoms with E-state index in [1.807, 2.05) is 30.3 Å². The van der Waals surface area contributed by atoms with Crippen LogP contribution >= 0.6 is 0 Å². The molecule has 0 aliphatic rings. The van der Waals surface area contributed by atoms with Crippen molar-refractivity contribution < 1.29 is 14.3 Å². The van der Waals surface area contributed by atoms with E-state index in [9.17, 15) is 9.59 Å². The SMILES string of the molecule is CCOC(=O)C(Cc1ccccc1)=NNC(=O)CC. The maximum Gasteiger partial charge on any atom is 0.354 e. The Morgan fingerprint density at radius 1 is 1.21 bits per heavy atom. The van der Waals surface area contributed by atoms with E-state index in [-0.39, 0.29) is 18.2 Å². The lowest BCUT2D eigenvalue weighted by Gasteiger charge is -2.06. The predicted octanol–water partition coefficient (Wildman–Crippen LogP) is 1.67. The normalized spacial score (nSPS) is 10.9. The van der Waals surface area contributed by atoms with E-state index in [2.05, 4.69) is 10.5 Å². The maximum atomic E-state index is 11.7. The quantitative estimate of drug-likeness (QED) is 0.482. The van der Waals surface area contributed by atoms with Crippen molar-refractivity contribution in [2.75, 3.05) is 6.61 Å². The summed E-state index contributed by atoms with van der Waals surface area (Å²) in [6, 6.07) is 9.42. The predicted molar refractivity (Wildman–Crippen MR) is 72.6 cm³/mol. The van der Waals surface area contributed by atoms with E-state index in [0.29, 0.717) is 12.8 Å². The monoisotopic (exact) mass is 262 g/mol. The van der Waals surface area contributed by atoms with Crippen LogP contribution in [0.5, 0.6) is 0 Å². The van der Waals surface area contributed by atoms with Crippen molar-refractivity contribution in [3.8, 4) is 0 Å². The highest BCUT2D eigenvalue weighted by Crippen LogP contribution is 2.02. The van der Waals surface area contributed by atoms with Gasteiger partial charge in [-0.05, 0) is 12.5 Å². The number of hydrogen-bond donors (Lipinski definition) is 1. The molecule has 0 spiro atoms. The Hall–Kier alpha value is -2.17. The van der Waals surface area contributed by atoms with Gasteiger partial charge in [0.15, 0.2) is 0 Å². The number of ether oxygens (including phenoxy) is 1. The number of hydrazone groups is 1. The molecule has 19 heavy (non-hydrogen) atoms. The molecule has 0 radical (unpaired) electrons. The molecule has 1 amide bonds. The zero-order valence-corrected chi connectivity index (χ0v) is 11.2. The first-order valence-corrected chi connectivity index (χ1v) is 6.23. The van der Waals surface area contributed by atoms with Crippen molar-refractivity contribution >= 4 is 17.6 Å². The molecule has 0 unspecified atom stereocenters. The number of hydrogen-bond acceptors (Lipinski definition) is 4. The largest absolute Gasteiger partial charge is 0.461 e. The lowest BCUT2D eigenvalue weighted by atomic mass is 10.1. The lowest BCUT2D eigenvalue weighted by molar-refractivity contribution is -0.135. The average molecular weight is 262 g/mol. The Bertz CT molecular complexity index is 455. The fourth-order valence-corrected chi connectivity index (χ4v) is 1.37. The summed E-state index contributed by atoms with van der Waals surface area (Å²) >= 11 is 0. The highest BCUT2D eigenvalue weighted by molar-refractivity contribution is 6.37. The molecule has 1 aromatic rings. The second-order valence-corrected chi connectivity index (χ2v) is 3.83. The van der Waals surface area contributed by atoms with Gasteiger partial charge in [-0.15, -0.1) is 0 Å². The summed E-state index contributed by atoms with van der Waals surface area (Å²) in [5.74, 6) is -0.752. The van der Waals surface area contributed by atoms with Gasteiger partial charge >= 0.3 is 5.97 Å². The summed E-state index contributed by atoms with van der Waals surface area (Å²) in [6.45, 7) is 3.71. The second kappa shape index (κ2) is 8.02. The van der Waals surface area contributed by atoms with Crippen molar-refractivity contribution in [3.05, 3.63) is 35.9 Å². The minimum absolute atomic E-state index is 0.190. The summed E-state index contributed by atoms with van der Waals surface area (Å²) in [5.41, 5.74) is 3.46.